The Labute approximate surface area is 98.9 Å². The fourth-order valence-corrected chi connectivity index (χ4v) is 1.77. The van der Waals surface area contributed by atoms with Crippen molar-refractivity contribution in [2.45, 2.75) is 20.0 Å². The number of aromatic carboxylic acids is 1. The lowest BCUT2D eigenvalue weighted by Gasteiger charge is -2.05. The Morgan fingerprint density at radius 3 is 2.44 bits per heavy atom. The molecule has 0 fully saturated rings. The van der Waals surface area contributed by atoms with Crippen molar-refractivity contribution >= 4 is 11.7 Å². The number of hydrogen-bond acceptors (Lipinski definition) is 3. The van der Waals surface area contributed by atoms with Gasteiger partial charge in [-0.25, -0.2) is 14.8 Å². The summed E-state index contributed by atoms with van der Waals surface area (Å²) in [5.41, 5.74) is -1.55. The quantitative estimate of drug-likeness (QED) is 0.851. The second-order valence-corrected chi connectivity index (χ2v) is 3.79. The molecule has 96 valence electrons. The number of carboxylic acids is 1. The average Bonchev–Trinajstić information content (AvgIpc) is 2.55. The standard InChI is InChI=1S/C10H8F3N3O2/c1-4-3-5(2)16-6(8(17)18)7(10(11,12)13)15-9(16)14-4/h3H,1-2H3,(H,17,18). The molecule has 2 rings (SSSR count). The number of hydrogen-bond donors (Lipinski definition) is 1. The predicted molar refractivity (Wildman–Crippen MR) is 54.4 cm³/mol. The third-order valence-electron chi connectivity index (χ3n) is 2.38. The minimum absolute atomic E-state index is 0.266. The van der Waals surface area contributed by atoms with Gasteiger partial charge in [-0.2, -0.15) is 13.2 Å². The Balaban J connectivity index is 2.93. The van der Waals surface area contributed by atoms with Gasteiger partial charge in [-0.15, -0.1) is 0 Å². The summed E-state index contributed by atoms with van der Waals surface area (Å²) in [4.78, 5) is 18.1. The molecule has 0 saturated heterocycles. The van der Waals surface area contributed by atoms with Crippen LogP contribution >= 0.6 is 0 Å². The molecule has 0 bridgehead atoms. The van der Waals surface area contributed by atoms with Crippen LogP contribution in [0.5, 0.6) is 0 Å². The zero-order valence-electron chi connectivity index (χ0n) is 9.41. The molecule has 5 nitrogen and oxygen atoms in total. The molecule has 2 heterocycles. The third-order valence-corrected chi connectivity index (χ3v) is 2.38. The van der Waals surface area contributed by atoms with Crippen molar-refractivity contribution in [3.05, 3.63) is 28.8 Å². The highest BCUT2D eigenvalue weighted by Gasteiger charge is 2.40. The van der Waals surface area contributed by atoms with Gasteiger partial charge in [0.05, 0.1) is 0 Å². The molecular weight excluding hydrogens is 251 g/mol. The molecule has 0 aromatic carbocycles. The molecular formula is C10H8F3N3O2. The number of carbonyl (C=O) groups is 1. The van der Waals surface area contributed by atoms with E-state index < -0.39 is 23.5 Å². The molecule has 0 saturated carbocycles. The average molecular weight is 259 g/mol. The fourth-order valence-electron chi connectivity index (χ4n) is 1.77. The number of carboxylic acid groups (broad SMARTS) is 1. The minimum atomic E-state index is -4.83. The number of rotatable bonds is 1. The summed E-state index contributed by atoms with van der Waals surface area (Å²) in [7, 11) is 0. The molecule has 2 aromatic heterocycles. The number of fused-ring (bicyclic) bond motifs is 1. The van der Waals surface area contributed by atoms with Crippen molar-refractivity contribution in [2.24, 2.45) is 0 Å². The van der Waals surface area contributed by atoms with E-state index in [1.54, 1.807) is 6.92 Å². The van der Waals surface area contributed by atoms with Crippen LogP contribution in [-0.4, -0.2) is 25.4 Å². The van der Waals surface area contributed by atoms with Gasteiger partial charge in [-0.3, -0.25) is 4.40 Å². The maximum atomic E-state index is 12.7. The molecule has 8 heteroatoms. The van der Waals surface area contributed by atoms with E-state index in [2.05, 4.69) is 9.97 Å². The summed E-state index contributed by atoms with van der Waals surface area (Å²) in [6.45, 7) is 3.09. The van der Waals surface area contributed by atoms with Gasteiger partial charge in [-0.05, 0) is 19.9 Å². The van der Waals surface area contributed by atoms with Crippen molar-refractivity contribution < 1.29 is 23.1 Å². The second kappa shape index (κ2) is 3.69. The van der Waals surface area contributed by atoms with E-state index in [0.717, 1.165) is 4.40 Å². The second-order valence-electron chi connectivity index (χ2n) is 3.79. The number of aromatic nitrogens is 3. The summed E-state index contributed by atoms with van der Waals surface area (Å²) in [5.74, 6) is -1.96. The lowest BCUT2D eigenvalue weighted by atomic mass is 10.3. The van der Waals surface area contributed by atoms with E-state index in [4.69, 9.17) is 5.11 Å². The first-order valence-corrected chi connectivity index (χ1v) is 4.89. The third kappa shape index (κ3) is 1.79. The van der Waals surface area contributed by atoms with Crippen LogP contribution in [0.4, 0.5) is 13.2 Å². The van der Waals surface area contributed by atoms with Gasteiger partial charge in [0.1, 0.15) is 0 Å². The zero-order chi connectivity index (χ0) is 13.7. The summed E-state index contributed by atoms with van der Waals surface area (Å²) in [5, 5.41) is 8.92. The largest absolute Gasteiger partial charge is 0.476 e. The highest BCUT2D eigenvalue weighted by molar-refractivity contribution is 5.88. The molecule has 0 aliphatic carbocycles. The molecule has 0 amide bonds. The molecule has 18 heavy (non-hydrogen) atoms. The number of nitrogens with zero attached hydrogens (tertiary/aromatic N) is 3. The molecule has 1 N–H and O–H groups in total. The number of alkyl halides is 3. The van der Waals surface area contributed by atoms with E-state index >= 15 is 0 Å². The monoisotopic (exact) mass is 259 g/mol. The molecule has 0 spiro atoms. The summed E-state index contributed by atoms with van der Waals surface area (Å²) >= 11 is 0. The maximum absolute atomic E-state index is 12.7. The van der Waals surface area contributed by atoms with E-state index in [1.807, 2.05) is 0 Å². The van der Waals surface area contributed by atoms with E-state index in [1.165, 1.54) is 13.0 Å². The van der Waals surface area contributed by atoms with Gasteiger partial charge < -0.3 is 5.11 Å². The first-order valence-electron chi connectivity index (χ1n) is 4.89. The fraction of sp³-hybridized carbons (Fsp3) is 0.300. The van der Waals surface area contributed by atoms with Crippen molar-refractivity contribution in [2.75, 3.05) is 0 Å². The van der Waals surface area contributed by atoms with Crippen LogP contribution in [0, 0.1) is 13.8 Å². The van der Waals surface area contributed by atoms with Gasteiger partial charge in [0, 0.05) is 11.4 Å². The Morgan fingerprint density at radius 2 is 1.94 bits per heavy atom. The molecule has 0 aliphatic heterocycles. The Morgan fingerprint density at radius 1 is 1.33 bits per heavy atom. The zero-order valence-corrected chi connectivity index (χ0v) is 9.41. The first kappa shape index (κ1) is 12.3. The van der Waals surface area contributed by atoms with Gasteiger partial charge in [0.2, 0.25) is 5.78 Å². The van der Waals surface area contributed by atoms with E-state index in [9.17, 15) is 18.0 Å². The predicted octanol–water partition coefficient (Wildman–Crippen LogP) is 2.06. The van der Waals surface area contributed by atoms with Gasteiger partial charge in [0.15, 0.2) is 11.4 Å². The highest BCUT2D eigenvalue weighted by Crippen LogP contribution is 2.32. The Bertz CT molecular complexity index is 646. The molecule has 2 aromatic rings. The summed E-state index contributed by atoms with van der Waals surface area (Å²) in [6, 6.07) is 1.49. The topological polar surface area (TPSA) is 67.5 Å². The van der Waals surface area contributed by atoms with E-state index in [-0.39, 0.29) is 5.78 Å². The van der Waals surface area contributed by atoms with Crippen molar-refractivity contribution in [1.29, 1.82) is 0 Å². The minimum Gasteiger partial charge on any atom is -0.476 e. The van der Waals surface area contributed by atoms with Crippen LogP contribution in [0.3, 0.4) is 0 Å². The number of imidazole rings is 1. The normalized spacial score (nSPS) is 12.1. The van der Waals surface area contributed by atoms with Crippen molar-refractivity contribution in [3.63, 3.8) is 0 Å². The number of halogens is 3. The highest BCUT2D eigenvalue weighted by atomic mass is 19.4. The van der Waals surface area contributed by atoms with E-state index in [0.29, 0.717) is 11.4 Å². The first-order chi connectivity index (χ1) is 8.21. The SMILES string of the molecule is Cc1cc(C)n2c(C(=O)O)c(C(F)(F)F)nc2n1. The molecule has 0 unspecified atom stereocenters. The van der Waals surface area contributed by atoms with Gasteiger partial charge in [-0.1, -0.05) is 0 Å². The Kier molecular flexibility index (Phi) is 2.53. The molecule has 0 atom stereocenters. The maximum Gasteiger partial charge on any atom is 0.435 e. The van der Waals surface area contributed by atoms with Crippen LogP contribution in [0.15, 0.2) is 6.07 Å². The summed E-state index contributed by atoms with van der Waals surface area (Å²) in [6.07, 6.45) is -4.83. The summed E-state index contributed by atoms with van der Waals surface area (Å²) < 4.78 is 39.0. The van der Waals surface area contributed by atoms with Gasteiger partial charge in [0.25, 0.3) is 0 Å². The van der Waals surface area contributed by atoms with Crippen LogP contribution in [-0.2, 0) is 6.18 Å². The lowest BCUT2D eigenvalue weighted by molar-refractivity contribution is -0.141. The van der Waals surface area contributed by atoms with Crippen LogP contribution in [0.2, 0.25) is 0 Å². The van der Waals surface area contributed by atoms with Gasteiger partial charge >= 0.3 is 12.1 Å². The Hall–Kier alpha value is -2.12. The molecule has 0 radical (unpaired) electrons. The van der Waals surface area contributed by atoms with Crippen molar-refractivity contribution in [1.82, 2.24) is 14.4 Å². The lowest BCUT2D eigenvalue weighted by Crippen LogP contribution is -2.14. The number of aryl methyl sites for hydroxylation is 2. The van der Waals surface area contributed by atoms with Crippen LogP contribution in [0.1, 0.15) is 27.6 Å². The van der Waals surface area contributed by atoms with Crippen LogP contribution < -0.4 is 0 Å². The smallest absolute Gasteiger partial charge is 0.435 e. The molecule has 0 aliphatic rings. The van der Waals surface area contributed by atoms with Crippen LogP contribution in [0.25, 0.3) is 5.78 Å². The van der Waals surface area contributed by atoms with Crippen molar-refractivity contribution in [3.8, 4) is 0 Å².